The summed E-state index contributed by atoms with van der Waals surface area (Å²) in [4.78, 5) is 21.2. The Kier molecular flexibility index (Phi) is 4.25. The molecule has 0 aliphatic heterocycles. The Morgan fingerprint density at radius 2 is 2.32 bits per heavy atom. The molecule has 2 rings (SSSR count). The van der Waals surface area contributed by atoms with Gasteiger partial charge in [-0.3, -0.25) is 4.79 Å². The lowest BCUT2D eigenvalue weighted by molar-refractivity contribution is 0.0844. The summed E-state index contributed by atoms with van der Waals surface area (Å²) < 4.78 is 4.89. The first-order valence-corrected chi connectivity index (χ1v) is 6.38. The summed E-state index contributed by atoms with van der Waals surface area (Å²) in [6, 6.07) is -0.469. The Morgan fingerprint density at radius 1 is 1.58 bits per heavy atom. The van der Waals surface area contributed by atoms with E-state index in [0.29, 0.717) is 20.9 Å². The van der Waals surface area contributed by atoms with E-state index < -0.39 is 6.04 Å². The zero-order valence-corrected chi connectivity index (χ0v) is 11.1. The van der Waals surface area contributed by atoms with Crippen LogP contribution in [0.5, 0.6) is 0 Å². The molecule has 102 valence electrons. The molecule has 0 spiro atoms. The van der Waals surface area contributed by atoms with Gasteiger partial charge in [-0.25, -0.2) is 9.97 Å². The monoisotopic (exact) mass is 282 g/mol. The second-order valence-electron chi connectivity index (χ2n) is 3.86. The topological polar surface area (TPSA) is 110 Å². The van der Waals surface area contributed by atoms with E-state index in [1.165, 1.54) is 24.6 Å². The van der Waals surface area contributed by atoms with Crippen LogP contribution in [0.3, 0.4) is 0 Å². The maximum Gasteiger partial charge on any atom is 0.264 e. The highest BCUT2D eigenvalue weighted by molar-refractivity contribution is 7.21. The number of anilines is 1. The molecule has 0 fully saturated rings. The van der Waals surface area contributed by atoms with Crippen LogP contribution >= 0.6 is 11.3 Å². The number of ether oxygens (including phenoxy) is 1. The van der Waals surface area contributed by atoms with E-state index in [1.807, 2.05) is 0 Å². The number of carbonyl (C=O) groups excluding carboxylic acids is 1. The standard InChI is InChI=1S/C11H14N4O3S/c1-18-5-6(4-16)15-10(17)9-7(12)8-11(19-9)14-3-2-13-8/h2-3,6,16H,4-5,12H2,1H3,(H,15,17). The lowest BCUT2D eigenvalue weighted by Gasteiger charge is -2.14. The van der Waals surface area contributed by atoms with Crippen LogP contribution in [0.15, 0.2) is 12.4 Å². The molecule has 4 N–H and O–H groups in total. The van der Waals surface area contributed by atoms with Crippen molar-refractivity contribution in [3.8, 4) is 0 Å². The molecule has 7 nitrogen and oxygen atoms in total. The van der Waals surface area contributed by atoms with Gasteiger partial charge in [0, 0.05) is 19.5 Å². The highest BCUT2D eigenvalue weighted by Gasteiger charge is 2.20. The third kappa shape index (κ3) is 2.80. The Morgan fingerprint density at radius 3 is 2.95 bits per heavy atom. The molecular weight excluding hydrogens is 268 g/mol. The van der Waals surface area contributed by atoms with E-state index >= 15 is 0 Å². The summed E-state index contributed by atoms with van der Waals surface area (Å²) in [5.74, 6) is -0.363. The van der Waals surface area contributed by atoms with Crippen molar-refractivity contribution in [2.24, 2.45) is 0 Å². The Balaban J connectivity index is 2.24. The fraction of sp³-hybridized carbons (Fsp3) is 0.364. The molecule has 2 aromatic heterocycles. The van der Waals surface area contributed by atoms with Gasteiger partial charge in [0.25, 0.3) is 5.91 Å². The van der Waals surface area contributed by atoms with Gasteiger partial charge in [-0.15, -0.1) is 11.3 Å². The van der Waals surface area contributed by atoms with Gasteiger partial charge >= 0.3 is 0 Å². The molecule has 8 heteroatoms. The molecule has 1 amide bonds. The molecular formula is C11H14N4O3S. The molecule has 0 aromatic carbocycles. The fourth-order valence-electron chi connectivity index (χ4n) is 1.60. The lowest BCUT2D eigenvalue weighted by Crippen LogP contribution is -2.40. The van der Waals surface area contributed by atoms with Crippen molar-refractivity contribution < 1.29 is 14.6 Å². The number of carbonyl (C=O) groups is 1. The Hall–Kier alpha value is -1.77. The van der Waals surface area contributed by atoms with Crippen molar-refractivity contribution in [2.75, 3.05) is 26.1 Å². The highest BCUT2D eigenvalue weighted by atomic mass is 32.1. The van der Waals surface area contributed by atoms with Crippen LogP contribution in [-0.2, 0) is 4.74 Å². The SMILES string of the molecule is COCC(CO)NC(=O)c1sc2nccnc2c1N. The number of thiophene rings is 1. The average Bonchev–Trinajstić information content (AvgIpc) is 2.76. The van der Waals surface area contributed by atoms with Crippen LogP contribution in [0.1, 0.15) is 9.67 Å². The van der Waals surface area contributed by atoms with Gasteiger partial charge in [0.1, 0.15) is 15.2 Å². The minimum Gasteiger partial charge on any atom is -0.396 e. The van der Waals surface area contributed by atoms with Crippen LogP contribution in [-0.4, -0.2) is 47.3 Å². The molecule has 2 heterocycles. The Labute approximate surface area is 113 Å². The number of nitrogens with two attached hydrogens (primary N) is 1. The van der Waals surface area contributed by atoms with Gasteiger partial charge in [-0.2, -0.15) is 0 Å². The van der Waals surface area contributed by atoms with Crippen LogP contribution < -0.4 is 11.1 Å². The Bertz CT molecular complexity index is 586. The second-order valence-corrected chi connectivity index (χ2v) is 4.86. The van der Waals surface area contributed by atoms with Gasteiger partial charge in [0.2, 0.25) is 0 Å². The fourth-order valence-corrected chi connectivity index (χ4v) is 2.53. The molecule has 0 aliphatic carbocycles. The van der Waals surface area contributed by atoms with Crippen molar-refractivity contribution in [3.63, 3.8) is 0 Å². The zero-order valence-electron chi connectivity index (χ0n) is 10.3. The van der Waals surface area contributed by atoms with Crippen LogP contribution in [0.4, 0.5) is 5.69 Å². The number of aliphatic hydroxyl groups excluding tert-OH is 1. The number of nitrogens with zero attached hydrogens (tertiary/aromatic N) is 2. The largest absolute Gasteiger partial charge is 0.396 e. The average molecular weight is 282 g/mol. The summed E-state index contributed by atoms with van der Waals surface area (Å²) in [6.45, 7) is 0.0183. The summed E-state index contributed by atoms with van der Waals surface area (Å²) in [7, 11) is 1.50. The number of hydrogen-bond donors (Lipinski definition) is 3. The molecule has 2 aromatic rings. The van der Waals surface area contributed by atoms with Crippen LogP contribution in [0.25, 0.3) is 10.3 Å². The summed E-state index contributed by atoms with van der Waals surface area (Å²) >= 11 is 1.17. The van der Waals surface area contributed by atoms with Crippen molar-refractivity contribution in [1.82, 2.24) is 15.3 Å². The van der Waals surface area contributed by atoms with Gasteiger partial charge in [0.15, 0.2) is 0 Å². The van der Waals surface area contributed by atoms with Crippen molar-refractivity contribution in [1.29, 1.82) is 0 Å². The number of nitrogens with one attached hydrogen (secondary N) is 1. The van der Waals surface area contributed by atoms with Crippen molar-refractivity contribution in [2.45, 2.75) is 6.04 Å². The lowest BCUT2D eigenvalue weighted by atomic mass is 10.3. The first-order chi connectivity index (χ1) is 9.17. The molecule has 0 radical (unpaired) electrons. The molecule has 0 aliphatic rings. The second kappa shape index (κ2) is 5.91. The number of fused-ring (bicyclic) bond motifs is 1. The van der Waals surface area contributed by atoms with E-state index in [4.69, 9.17) is 15.6 Å². The van der Waals surface area contributed by atoms with Gasteiger partial charge in [0.05, 0.1) is 24.9 Å². The quantitative estimate of drug-likeness (QED) is 0.712. The number of rotatable bonds is 5. The molecule has 19 heavy (non-hydrogen) atoms. The molecule has 0 saturated carbocycles. The minimum atomic E-state index is -0.469. The molecule has 1 unspecified atom stereocenters. The molecule has 0 bridgehead atoms. The number of nitrogen functional groups attached to an aromatic ring is 1. The van der Waals surface area contributed by atoms with Crippen LogP contribution in [0.2, 0.25) is 0 Å². The van der Waals surface area contributed by atoms with Gasteiger partial charge < -0.3 is 20.9 Å². The number of amides is 1. The number of aliphatic hydroxyl groups is 1. The third-order valence-electron chi connectivity index (χ3n) is 2.49. The maximum atomic E-state index is 12.1. The van der Waals surface area contributed by atoms with E-state index in [-0.39, 0.29) is 19.1 Å². The first kappa shape index (κ1) is 13.7. The van der Waals surface area contributed by atoms with Crippen molar-refractivity contribution in [3.05, 3.63) is 17.3 Å². The number of methoxy groups -OCH3 is 1. The summed E-state index contributed by atoms with van der Waals surface area (Å²) in [5, 5.41) is 11.8. The van der Waals surface area contributed by atoms with Crippen molar-refractivity contribution >= 4 is 33.3 Å². The maximum absolute atomic E-state index is 12.1. The number of hydrogen-bond acceptors (Lipinski definition) is 7. The van der Waals surface area contributed by atoms with E-state index in [1.54, 1.807) is 6.20 Å². The van der Waals surface area contributed by atoms with E-state index in [9.17, 15) is 4.79 Å². The predicted octanol–water partition coefficient (Wildman–Crippen LogP) is 0.0106. The molecule has 0 saturated heterocycles. The number of aromatic nitrogens is 2. The smallest absolute Gasteiger partial charge is 0.264 e. The van der Waals surface area contributed by atoms with Gasteiger partial charge in [-0.05, 0) is 0 Å². The van der Waals surface area contributed by atoms with E-state index in [2.05, 4.69) is 15.3 Å². The van der Waals surface area contributed by atoms with E-state index in [0.717, 1.165) is 0 Å². The minimum absolute atomic E-state index is 0.207. The highest BCUT2D eigenvalue weighted by Crippen LogP contribution is 2.30. The normalized spacial score (nSPS) is 12.5. The first-order valence-electron chi connectivity index (χ1n) is 5.57. The third-order valence-corrected chi connectivity index (χ3v) is 3.59. The van der Waals surface area contributed by atoms with Crippen LogP contribution in [0, 0.1) is 0 Å². The predicted molar refractivity (Wildman–Crippen MR) is 72.0 cm³/mol. The zero-order chi connectivity index (χ0) is 13.8. The molecule has 1 atom stereocenters. The summed E-state index contributed by atoms with van der Waals surface area (Å²) in [5.41, 5.74) is 6.71. The summed E-state index contributed by atoms with van der Waals surface area (Å²) in [6.07, 6.45) is 3.07. The van der Waals surface area contributed by atoms with Gasteiger partial charge in [-0.1, -0.05) is 0 Å².